The Morgan fingerprint density at radius 3 is 2.82 bits per heavy atom. The minimum atomic E-state index is -2.59. The molecule has 0 aliphatic heterocycles. The molecule has 9 heteroatoms. The summed E-state index contributed by atoms with van der Waals surface area (Å²) in [6.45, 7) is 0. The first-order valence-electron chi connectivity index (χ1n) is 11.9. The third kappa shape index (κ3) is 3.93. The van der Waals surface area contributed by atoms with E-state index >= 15 is 0 Å². The van der Waals surface area contributed by atoms with Crippen LogP contribution in [-0.2, 0) is 0 Å². The fraction of sp³-hybridized carbons (Fsp3) is 0.440. The molecule has 0 saturated heterocycles. The van der Waals surface area contributed by atoms with E-state index < -0.39 is 5.92 Å². The highest BCUT2D eigenvalue weighted by Crippen LogP contribution is 2.39. The van der Waals surface area contributed by atoms with Crippen LogP contribution in [0.5, 0.6) is 0 Å². The summed E-state index contributed by atoms with van der Waals surface area (Å²) in [7, 11) is 0. The second-order valence-electron chi connectivity index (χ2n) is 9.70. The molecule has 0 unspecified atom stereocenters. The standard InChI is InChI=1S/C25H26F2N6O/c26-25(27)10-17(11-25)31-24-29-13-19-18(12-28-23(19)32-24)16-6-7-33-21(9-16)20(14-30-33)22(34)8-15-4-2-1-3-5-15/h6-7,9,12-15,17H,1-5,8,10-11H2,(H2,28,29,31,32). The second-order valence-corrected chi connectivity index (χ2v) is 9.70. The average molecular weight is 465 g/mol. The summed E-state index contributed by atoms with van der Waals surface area (Å²) in [5.74, 6) is -1.63. The molecule has 0 radical (unpaired) electrons. The first kappa shape index (κ1) is 21.2. The number of aromatic nitrogens is 5. The van der Waals surface area contributed by atoms with Crippen LogP contribution in [0.3, 0.4) is 0 Å². The van der Waals surface area contributed by atoms with Crippen LogP contribution in [0.15, 0.2) is 36.9 Å². The van der Waals surface area contributed by atoms with Gasteiger partial charge in [-0.25, -0.2) is 18.3 Å². The van der Waals surface area contributed by atoms with E-state index in [1.54, 1.807) is 16.9 Å². The molecule has 0 aromatic carbocycles. The summed E-state index contributed by atoms with van der Waals surface area (Å²) in [6, 6.07) is 3.61. The van der Waals surface area contributed by atoms with Crippen molar-refractivity contribution in [3.05, 3.63) is 42.5 Å². The number of pyridine rings is 1. The lowest BCUT2D eigenvalue weighted by Crippen LogP contribution is -2.44. The van der Waals surface area contributed by atoms with E-state index in [-0.39, 0.29) is 24.7 Å². The molecule has 0 atom stereocenters. The maximum Gasteiger partial charge on any atom is 0.252 e. The highest BCUT2D eigenvalue weighted by molar-refractivity contribution is 6.03. The van der Waals surface area contributed by atoms with E-state index in [0.717, 1.165) is 34.9 Å². The van der Waals surface area contributed by atoms with Gasteiger partial charge in [-0.15, -0.1) is 0 Å². The van der Waals surface area contributed by atoms with Crippen molar-refractivity contribution in [3.8, 4) is 11.1 Å². The molecule has 4 aromatic heterocycles. The molecule has 2 aliphatic rings. The van der Waals surface area contributed by atoms with Gasteiger partial charge in [-0.05, 0) is 23.6 Å². The van der Waals surface area contributed by atoms with Crippen molar-refractivity contribution in [1.82, 2.24) is 24.6 Å². The number of Topliss-reactive ketones (excluding diaryl/α,β-unsaturated/α-hetero) is 1. The van der Waals surface area contributed by atoms with Crippen molar-refractivity contribution >= 4 is 28.3 Å². The topological polar surface area (TPSA) is 88.0 Å². The maximum atomic E-state index is 13.1. The lowest BCUT2D eigenvalue weighted by Gasteiger charge is -2.35. The Balaban J connectivity index is 1.26. The van der Waals surface area contributed by atoms with E-state index in [9.17, 15) is 13.6 Å². The molecule has 2 N–H and O–H groups in total. The van der Waals surface area contributed by atoms with E-state index in [1.165, 1.54) is 19.3 Å². The molecule has 4 heterocycles. The lowest BCUT2D eigenvalue weighted by molar-refractivity contribution is -0.0794. The number of aromatic amines is 1. The number of nitrogens with one attached hydrogen (secondary N) is 2. The van der Waals surface area contributed by atoms with Gasteiger partial charge < -0.3 is 10.3 Å². The Morgan fingerprint density at radius 1 is 1.21 bits per heavy atom. The van der Waals surface area contributed by atoms with Gasteiger partial charge >= 0.3 is 0 Å². The number of hydrogen-bond donors (Lipinski definition) is 2. The van der Waals surface area contributed by atoms with Crippen LogP contribution in [-0.4, -0.2) is 42.3 Å². The fourth-order valence-corrected chi connectivity index (χ4v) is 5.29. The molecular formula is C25H26F2N6O. The van der Waals surface area contributed by atoms with E-state index in [1.807, 2.05) is 24.5 Å². The molecule has 6 rings (SSSR count). The Labute approximate surface area is 195 Å². The number of ketones is 1. The maximum absolute atomic E-state index is 13.1. The van der Waals surface area contributed by atoms with Crippen LogP contribution in [0.1, 0.15) is 61.7 Å². The van der Waals surface area contributed by atoms with Crippen LogP contribution < -0.4 is 5.32 Å². The zero-order valence-electron chi connectivity index (χ0n) is 18.7. The number of carbonyl (C=O) groups excluding carboxylic acids is 1. The van der Waals surface area contributed by atoms with Crippen LogP contribution in [0.25, 0.3) is 27.7 Å². The van der Waals surface area contributed by atoms with Gasteiger partial charge in [0.15, 0.2) is 5.78 Å². The Morgan fingerprint density at radius 2 is 2.03 bits per heavy atom. The Hall–Kier alpha value is -3.36. The van der Waals surface area contributed by atoms with Crippen molar-refractivity contribution in [2.45, 2.75) is 63.3 Å². The lowest BCUT2D eigenvalue weighted by atomic mass is 9.85. The molecule has 0 bridgehead atoms. The predicted molar refractivity (Wildman–Crippen MR) is 125 cm³/mol. The molecule has 4 aromatic rings. The molecule has 2 aliphatic carbocycles. The third-order valence-corrected chi connectivity index (χ3v) is 7.19. The second kappa shape index (κ2) is 8.14. The number of anilines is 1. The first-order chi connectivity index (χ1) is 16.4. The van der Waals surface area contributed by atoms with E-state index in [4.69, 9.17) is 0 Å². The van der Waals surface area contributed by atoms with Crippen LogP contribution in [0, 0.1) is 5.92 Å². The number of carbonyl (C=O) groups is 1. The average Bonchev–Trinajstić information content (AvgIpc) is 3.42. The smallest absolute Gasteiger partial charge is 0.252 e. The Kier molecular flexibility index (Phi) is 5.08. The van der Waals surface area contributed by atoms with Gasteiger partial charge in [0.1, 0.15) is 5.65 Å². The van der Waals surface area contributed by atoms with Gasteiger partial charge in [-0.3, -0.25) is 4.79 Å². The van der Waals surface area contributed by atoms with Crippen molar-refractivity contribution in [3.63, 3.8) is 0 Å². The largest absolute Gasteiger partial charge is 0.351 e. The van der Waals surface area contributed by atoms with Crippen molar-refractivity contribution in [2.75, 3.05) is 5.32 Å². The molecule has 2 fully saturated rings. The number of H-pyrrole nitrogens is 1. The summed E-state index contributed by atoms with van der Waals surface area (Å²) in [5, 5.41) is 8.18. The normalized spacial score (nSPS) is 18.9. The fourth-order valence-electron chi connectivity index (χ4n) is 5.29. The van der Waals surface area contributed by atoms with Crippen molar-refractivity contribution in [1.29, 1.82) is 0 Å². The van der Waals surface area contributed by atoms with Gasteiger partial charge in [0, 0.05) is 54.8 Å². The van der Waals surface area contributed by atoms with Crippen LogP contribution in [0.4, 0.5) is 14.7 Å². The van der Waals surface area contributed by atoms with Gasteiger partial charge in [-0.2, -0.15) is 10.1 Å². The number of rotatable bonds is 6. The number of hydrogen-bond acceptors (Lipinski definition) is 5. The zero-order chi connectivity index (χ0) is 23.3. The summed E-state index contributed by atoms with van der Waals surface area (Å²) < 4.78 is 27.9. The number of alkyl halides is 2. The molecule has 2 saturated carbocycles. The number of nitrogens with zero attached hydrogens (tertiary/aromatic N) is 4. The number of fused-ring (bicyclic) bond motifs is 2. The molecule has 0 amide bonds. The zero-order valence-corrected chi connectivity index (χ0v) is 18.7. The van der Waals surface area contributed by atoms with E-state index in [0.29, 0.717) is 29.5 Å². The third-order valence-electron chi connectivity index (χ3n) is 7.19. The van der Waals surface area contributed by atoms with Gasteiger partial charge in [0.05, 0.1) is 17.3 Å². The molecular weight excluding hydrogens is 438 g/mol. The summed E-state index contributed by atoms with van der Waals surface area (Å²) in [6.07, 6.45) is 13.2. The molecule has 7 nitrogen and oxygen atoms in total. The SMILES string of the molecule is O=C(CC1CCCCC1)c1cnn2ccc(-c3c[nH]c4nc(NC5CC(F)(F)C5)ncc34)cc12. The molecule has 176 valence electrons. The monoisotopic (exact) mass is 464 g/mol. The van der Waals surface area contributed by atoms with Crippen molar-refractivity contribution < 1.29 is 13.6 Å². The summed E-state index contributed by atoms with van der Waals surface area (Å²) in [4.78, 5) is 25.0. The summed E-state index contributed by atoms with van der Waals surface area (Å²) in [5.41, 5.74) is 3.91. The van der Waals surface area contributed by atoms with E-state index in [2.05, 4.69) is 25.4 Å². The van der Waals surface area contributed by atoms with Crippen LogP contribution in [0.2, 0.25) is 0 Å². The summed E-state index contributed by atoms with van der Waals surface area (Å²) >= 11 is 0. The van der Waals surface area contributed by atoms with Gasteiger partial charge in [-0.1, -0.05) is 32.1 Å². The minimum absolute atomic E-state index is 0.151. The quantitative estimate of drug-likeness (QED) is 0.361. The van der Waals surface area contributed by atoms with Gasteiger partial charge in [0.25, 0.3) is 5.92 Å². The Bertz CT molecular complexity index is 1360. The minimum Gasteiger partial charge on any atom is -0.351 e. The van der Waals surface area contributed by atoms with Crippen molar-refractivity contribution in [2.24, 2.45) is 5.92 Å². The molecule has 0 spiro atoms. The highest BCUT2D eigenvalue weighted by Gasteiger charge is 2.45. The first-order valence-corrected chi connectivity index (χ1v) is 11.9. The van der Waals surface area contributed by atoms with Crippen LogP contribution >= 0.6 is 0 Å². The predicted octanol–water partition coefficient (Wildman–Crippen LogP) is 5.64. The molecule has 34 heavy (non-hydrogen) atoms. The number of halogens is 2. The van der Waals surface area contributed by atoms with Gasteiger partial charge in [0.2, 0.25) is 5.95 Å². The highest BCUT2D eigenvalue weighted by atomic mass is 19.3.